The molecule has 2 N–H and O–H groups in total. The van der Waals surface area contributed by atoms with Crippen LogP contribution in [0, 0.1) is 0 Å². The first-order valence-corrected chi connectivity index (χ1v) is 7.77. The molecule has 14 heavy (non-hydrogen) atoms. The van der Waals surface area contributed by atoms with Crippen LogP contribution in [0.15, 0.2) is 11.7 Å². The first kappa shape index (κ1) is 10.8. The van der Waals surface area contributed by atoms with E-state index in [-0.39, 0.29) is 0 Å². The van der Waals surface area contributed by atoms with Gasteiger partial charge in [-0.25, -0.2) is 0 Å². The highest BCUT2D eigenvalue weighted by Gasteiger charge is 2.21. The van der Waals surface area contributed by atoms with Gasteiger partial charge in [-0.15, -0.1) is 11.3 Å². The summed E-state index contributed by atoms with van der Waals surface area (Å²) < 4.78 is 0. The summed E-state index contributed by atoms with van der Waals surface area (Å²) in [6.07, 6.45) is 2.92. The van der Waals surface area contributed by atoms with Crippen LogP contribution in [0.4, 0.5) is 0 Å². The van der Waals surface area contributed by atoms with Crippen LogP contribution < -0.4 is 5.73 Å². The standard InChI is InChI=1S/C9H14N2S3/c10-8(3-7-4-11-6-14-7)9-5-12-1-2-13-9/h4,6,8-9H,1-3,5,10H2. The van der Waals surface area contributed by atoms with Crippen molar-refractivity contribution in [2.45, 2.75) is 17.7 Å². The summed E-state index contributed by atoms with van der Waals surface area (Å²) in [5, 5.41) is 0.635. The lowest BCUT2D eigenvalue weighted by molar-refractivity contribution is 0.669. The average Bonchev–Trinajstić information content (AvgIpc) is 2.72. The Balaban J connectivity index is 1.85. The second-order valence-corrected chi connectivity index (χ2v) is 6.79. The number of nitrogens with two attached hydrogens (primary N) is 1. The van der Waals surface area contributed by atoms with Crippen LogP contribution in [0.1, 0.15) is 4.88 Å². The summed E-state index contributed by atoms with van der Waals surface area (Å²) in [6, 6.07) is 0.299. The van der Waals surface area contributed by atoms with Crippen LogP contribution in [0.2, 0.25) is 0 Å². The van der Waals surface area contributed by atoms with E-state index in [1.165, 1.54) is 22.1 Å². The number of hydrogen-bond donors (Lipinski definition) is 1. The predicted octanol–water partition coefficient (Wildman–Crippen LogP) is 1.86. The predicted molar refractivity (Wildman–Crippen MR) is 67.4 cm³/mol. The number of aromatic nitrogens is 1. The molecule has 0 spiro atoms. The molecule has 1 aromatic heterocycles. The third kappa shape index (κ3) is 2.89. The van der Waals surface area contributed by atoms with Gasteiger partial charge < -0.3 is 5.73 Å². The van der Waals surface area contributed by atoms with Crippen LogP contribution in [0.5, 0.6) is 0 Å². The molecular formula is C9H14N2S3. The number of nitrogens with zero attached hydrogens (tertiary/aromatic N) is 1. The largest absolute Gasteiger partial charge is 0.326 e. The molecule has 0 saturated carbocycles. The molecule has 78 valence electrons. The van der Waals surface area contributed by atoms with Crippen LogP contribution in [-0.4, -0.2) is 33.5 Å². The molecule has 2 heterocycles. The van der Waals surface area contributed by atoms with Crippen molar-refractivity contribution >= 4 is 34.9 Å². The smallest absolute Gasteiger partial charge is 0.0794 e. The summed E-state index contributed by atoms with van der Waals surface area (Å²) in [4.78, 5) is 5.38. The van der Waals surface area contributed by atoms with Crippen LogP contribution >= 0.6 is 34.9 Å². The van der Waals surface area contributed by atoms with Crippen molar-refractivity contribution in [2.75, 3.05) is 17.3 Å². The first-order chi connectivity index (χ1) is 6.86. The lowest BCUT2D eigenvalue weighted by Gasteiger charge is -2.26. The summed E-state index contributed by atoms with van der Waals surface area (Å²) in [7, 11) is 0. The molecule has 0 radical (unpaired) electrons. The van der Waals surface area contributed by atoms with Crippen molar-refractivity contribution in [3.05, 3.63) is 16.6 Å². The highest BCUT2D eigenvalue weighted by Crippen LogP contribution is 2.27. The van der Waals surface area contributed by atoms with Crippen LogP contribution in [-0.2, 0) is 6.42 Å². The fourth-order valence-electron chi connectivity index (χ4n) is 1.46. The van der Waals surface area contributed by atoms with Gasteiger partial charge in [0.25, 0.3) is 0 Å². The minimum Gasteiger partial charge on any atom is -0.326 e. The average molecular weight is 246 g/mol. The number of hydrogen-bond acceptors (Lipinski definition) is 5. The van der Waals surface area contributed by atoms with Gasteiger partial charge in [-0.05, 0) is 6.42 Å². The van der Waals surface area contributed by atoms with E-state index in [0.717, 1.165) is 6.42 Å². The summed E-state index contributed by atoms with van der Waals surface area (Å²) in [5.41, 5.74) is 8.06. The van der Waals surface area contributed by atoms with Gasteiger partial charge in [0.05, 0.1) is 5.51 Å². The van der Waals surface area contributed by atoms with Crippen molar-refractivity contribution in [1.82, 2.24) is 4.98 Å². The maximum absolute atomic E-state index is 6.18. The maximum Gasteiger partial charge on any atom is 0.0794 e. The number of thiazole rings is 1. The third-order valence-corrected chi connectivity index (χ3v) is 5.98. The SMILES string of the molecule is NC(Cc1cncs1)C1CSCCS1. The normalized spacial score (nSPS) is 24.8. The molecule has 5 heteroatoms. The molecule has 2 nitrogen and oxygen atoms in total. The Labute approximate surface area is 97.1 Å². The first-order valence-electron chi connectivity index (χ1n) is 4.68. The van der Waals surface area contributed by atoms with Crippen molar-refractivity contribution in [1.29, 1.82) is 0 Å². The highest BCUT2D eigenvalue weighted by atomic mass is 32.2. The van der Waals surface area contributed by atoms with E-state index in [9.17, 15) is 0 Å². The van der Waals surface area contributed by atoms with Gasteiger partial charge in [-0.1, -0.05) is 0 Å². The molecular weight excluding hydrogens is 232 g/mol. The van der Waals surface area contributed by atoms with Gasteiger partial charge in [0.1, 0.15) is 0 Å². The lowest BCUT2D eigenvalue weighted by atomic mass is 10.1. The second-order valence-electron chi connectivity index (χ2n) is 3.32. The molecule has 1 saturated heterocycles. The highest BCUT2D eigenvalue weighted by molar-refractivity contribution is 8.06. The zero-order valence-electron chi connectivity index (χ0n) is 7.89. The number of rotatable bonds is 3. The molecule has 2 unspecified atom stereocenters. The number of thioether (sulfide) groups is 2. The van der Waals surface area contributed by atoms with Crippen molar-refractivity contribution < 1.29 is 0 Å². The Bertz CT molecular complexity index is 257. The zero-order valence-corrected chi connectivity index (χ0v) is 10.3. The minimum atomic E-state index is 0.299. The fourth-order valence-corrected chi connectivity index (χ4v) is 4.95. The maximum atomic E-state index is 6.18. The molecule has 0 aromatic carbocycles. The monoisotopic (exact) mass is 246 g/mol. The summed E-state index contributed by atoms with van der Waals surface area (Å²) >= 11 is 5.77. The molecule has 2 rings (SSSR count). The van der Waals surface area contributed by atoms with Gasteiger partial charge in [0.15, 0.2) is 0 Å². The van der Waals surface area contributed by atoms with Gasteiger partial charge >= 0.3 is 0 Å². The third-order valence-electron chi connectivity index (χ3n) is 2.24. The molecule has 1 fully saturated rings. The Kier molecular flexibility index (Phi) is 4.16. The van der Waals surface area contributed by atoms with E-state index in [1.54, 1.807) is 11.3 Å². The quantitative estimate of drug-likeness (QED) is 0.883. The summed E-state index contributed by atoms with van der Waals surface area (Å²) in [5.74, 6) is 3.75. The molecule has 2 atom stereocenters. The Morgan fingerprint density at radius 3 is 3.14 bits per heavy atom. The topological polar surface area (TPSA) is 38.9 Å². The molecule has 0 bridgehead atoms. The molecule has 1 aliphatic rings. The zero-order chi connectivity index (χ0) is 9.80. The van der Waals surface area contributed by atoms with Crippen molar-refractivity contribution in [2.24, 2.45) is 5.73 Å². The van der Waals surface area contributed by atoms with Crippen LogP contribution in [0.3, 0.4) is 0 Å². The van der Waals surface area contributed by atoms with Gasteiger partial charge in [0.2, 0.25) is 0 Å². The van der Waals surface area contributed by atoms with E-state index in [1.807, 2.05) is 35.2 Å². The van der Waals surface area contributed by atoms with Gasteiger partial charge in [-0.3, -0.25) is 4.98 Å². The fraction of sp³-hybridized carbons (Fsp3) is 0.667. The van der Waals surface area contributed by atoms with Gasteiger partial charge in [-0.2, -0.15) is 23.5 Å². The van der Waals surface area contributed by atoms with Crippen LogP contribution in [0.25, 0.3) is 0 Å². The van der Waals surface area contributed by atoms with E-state index in [2.05, 4.69) is 4.98 Å². The Morgan fingerprint density at radius 1 is 1.57 bits per heavy atom. The molecule has 1 aliphatic heterocycles. The lowest BCUT2D eigenvalue weighted by Crippen LogP contribution is -2.37. The molecule has 0 aliphatic carbocycles. The molecule has 1 aromatic rings. The van der Waals surface area contributed by atoms with Gasteiger partial charge in [0, 0.05) is 39.6 Å². The second kappa shape index (κ2) is 5.39. The molecule has 0 amide bonds. The van der Waals surface area contributed by atoms with Crippen molar-refractivity contribution in [3.8, 4) is 0 Å². The Hall–Kier alpha value is 0.290. The van der Waals surface area contributed by atoms with E-state index >= 15 is 0 Å². The van der Waals surface area contributed by atoms with E-state index in [0.29, 0.717) is 11.3 Å². The van der Waals surface area contributed by atoms with Crippen molar-refractivity contribution in [3.63, 3.8) is 0 Å². The Morgan fingerprint density at radius 2 is 2.50 bits per heavy atom. The minimum absolute atomic E-state index is 0.299. The van der Waals surface area contributed by atoms with E-state index < -0.39 is 0 Å². The summed E-state index contributed by atoms with van der Waals surface area (Å²) in [6.45, 7) is 0. The van der Waals surface area contributed by atoms with E-state index in [4.69, 9.17) is 5.73 Å².